The number of benzene rings is 1. The lowest BCUT2D eigenvalue weighted by molar-refractivity contribution is -0.145. The van der Waals surface area contributed by atoms with Gasteiger partial charge in [-0.1, -0.05) is 25.4 Å². The van der Waals surface area contributed by atoms with Crippen LogP contribution in [0.5, 0.6) is 0 Å². The molecule has 0 bridgehead atoms. The van der Waals surface area contributed by atoms with E-state index in [2.05, 4.69) is 10.3 Å². The van der Waals surface area contributed by atoms with Crippen LogP contribution in [0, 0.1) is 5.92 Å². The second kappa shape index (κ2) is 8.11. The average molecular weight is 366 g/mol. The molecule has 25 heavy (non-hydrogen) atoms. The number of carbonyl (C=O) groups is 2. The number of esters is 1. The highest BCUT2D eigenvalue weighted by Gasteiger charge is 2.22. The summed E-state index contributed by atoms with van der Waals surface area (Å²) in [7, 11) is 1.27. The third-order valence-corrected chi connectivity index (χ3v) is 3.86. The average Bonchev–Trinajstić information content (AvgIpc) is 2.56. The Kier molecular flexibility index (Phi) is 6.14. The fourth-order valence-electron chi connectivity index (χ4n) is 2.47. The first kappa shape index (κ1) is 18.9. The van der Waals surface area contributed by atoms with E-state index < -0.39 is 17.9 Å². The lowest BCUT2D eigenvalue weighted by Gasteiger charge is -2.18. The Bertz CT molecular complexity index is 847. The summed E-state index contributed by atoms with van der Waals surface area (Å²) >= 11 is 5.91. The molecule has 1 atom stereocenters. The number of ether oxygens (including phenoxy) is 1. The van der Waals surface area contributed by atoms with E-state index in [-0.39, 0.29) is 18.0 Å². The van der Waals surface area contributed by atoms with Crippen LogP contribution in [0.2, 0.25) is 5.02 Å². The van der Waals surface area contributed by atoms with Gasteiger partial charge in [-0.3, -0.25) is 14.2 Å². The molecule has 8 heteroatoms. The second-order valence-corrected chi connectivity index (χ2v) is 6.55. The summed E-state index contributed by atoms with van der Waals surface area (Å²) in [6.45, 7) is 3.62. The summed E-state index contributed by atoms with van der Waals surface area (Å²) in [5.74, 6) is -0.796. The van der Waals surface area contributed by atoms with E-state index in [0.717, 1.165) is 0 Å². The van der Waals surface area contributed by atoms with Gasteiger partial charge in [0.15, 0.2) is 0 Å². The van der Waals surface area contributed by atoms with Gasteiger partial charge in [0, 0.05) is 5.02 Å². The molecule has 1 N–H and O–H groups in total. The Morgan fingerprint density at radius 2 is 2.08 bits per heavy atom. The number of rotatable bonds is 6. The second-order valence-electron chi connectivity index (χ2n) is 6.11. The number of nitrogens with one attached hydrogen (secondary N) is 1. The van der Waals surface area contributed by atoms with Gasteiger partial charge in [-0.15, -0.1) is 0 Å². The Morgan fingerprint density at radius 3 is 2.72 bits per heavy atom. The minimum absolute atomic E-state index is 0.191. The first-order valence-electron chi connectivity index (χ1n) is 7.83. The molecule has 134 valence electrons. The zero-order valence-corrected chi connectivity index (χ0v) is 15.0. The minimum atomic E-state index is -0.754. The van der Waals surface area contributed by atoms with Crippen molar-refractivity contribution >= 4 is 34.4 Å². The van der Waals surface area contributed by atoms with Crippen LogP contribution in [0.15, 0.2) is 29.3 Å². The molecule has 0 aliphatic rings. The van der Waals surface area contributed by atoms with E-state index in [1.807, 2.05) is 13.8 Å². The smallest absolute Gasteiger partial charge is 0.328 e. The van der Waals surface area contributed by atoms with E-state index >= 15 is 0 Å². The normalized spacial score (nSPS) is 12.2. The summed E-state index contributed by atoms with van der Waals surface area (Å²) in [4.78, 5) is 40.6. The van der Waals surface area contributed by atoms with Crippen LogP contribution in [0.25, 0.3) is 10.9 Å². The van der Waals surface area contributed by atoms with Gasteiger partial charge in [0.05, 0.1) is 24.3 Å². The summed E-state index contributed by atoms with van der Waals surface area (Å²) in [5.41, 5.74) is 0.124. The van der Waals surface area contributed by atoms with Crippen molar-refractivity contribution in [1.29, 1.82) is 0 Å². The summed E-state index contributed by atoms with van der Waals surface area (Å²) in [6.07, 6.45) is 1.74. The highest BCUT2D eigenvalue weighted by molar-refractivity contribution is 6.31. The Labute approximate surface area is 149 Å². The fourth-order valence-corrected chi connectivity index (χ4v) is 2.64. The first-order chi connectivity index (χ1) is 11.8. The van der Waals surface area contributed by atoms with Crippen LogP contribution in [0.1, 0.15) is 20.3 Å². The Balaban J connectivity index is 2.19. The highest BCUT2D eigenvalue weighted by Crippen LogP contribution is 2.14. The third-order valence-electron chi connectivity index (χ3n) is 3.63. The van der Waals surface area contributed by atoms with Crippen LogP contribution in [-0.2, 0) is 20.9 Å². The van der Waals surface area contributed by atoms with Crippen LogP contribution in [0.3, 0.4) is 0 Å². The third kappa shape index (κ3) is 4.79. The van der Waals surface area contributed by atoms with Crippen LogP contribution < -0.4 is 10.9 Å². The lowest BCUT2D eigenvalue weighted by Crippen LogP contribution is -2.44. The van der Waals surface area contributed by atoms with Crippen LogP contribution in [0.4, 0.5) is 0 Å². The molecular weight excluding hydrogens is 346 g/mol. The quantitative estimate of drug-likeness (QED) is 0.788. The number of carbonyl (C=O) groups excluding carboxylic acids is 2. The van der Waals surface area contributed by atoms with Crippen molar-refractivity contribution in [3.8, 4) is 0 Å². The maximum absolute atomic E-state index is 12.5. The molecule has 2 aromatic rings. The van der Waals surface area contributed by atoms with Crippen molar-refractivity contribution in [3.63, 3.8) is 0 Å². The molecular formula is C17H20ClN3O4. The number of methoxy groups -OCH3 is 1. The molecule has 1 aromatic carbocycles. The number of fused-ring (bicyclic) bond motifs is 1. The Morgan fingerprint density at radius 1 is 1.36 bits per heavy atom. The summed E-state index contributed by atoms with van der Waals surface area (Å²) in [5, 5.41) is 3.35. The molecule has 0 radical (unpaired) electrons. The molecule has 2 rings (SSSR count). The standard InChI is InChI=1S/C17H20ClN3O4/c1-10(2)6-14(17(24)25-3)20-15(22)8-21-9-19-13-5-4-11(18)7-12(13)16(21)23/h4-5,7,9-10,14H,6,8H2,1-3H3,(H,20,22)/t14-/m1/s1. The van der Waals surface area contributed by atoms with Gasteiger partial charge in [-0.25, -0.2) is 9.78 Å². The van der Waals surface area contributed by atoms with Crippen molar-refractivity contribution in [2.24, 2.45) is 5.92 Å². The lowest BCUT2D eigenvalue weighted by atomic mass is 10.0. The Hall–Kier alpha value is -2.41. The number of nitrogens with zero attached hydrogens (tertiary/aromatic N) is 2. The molecule has 7 nitrogen and oxygen atoms in total. The van der Waals surface area contributed by atoms with Crippen molar-refractivity contribution < 1.29 is 14.3 Å². The number of hydrogen-bond acceptors (Lipinski definition) is 5. The van der Waals surface area contributed by atoms with E-state index in [9.17, 15) is 14.4 Å². The number of hydrogen-bond donors (Lipinski definition) is 1. The monoisotopic (exact) mass is 365 g/mol. The molecule has 1 aromatic heterocycles. The summed E-state index contributed by atoms with van der Waals surface area (Å²) in [6, 6.07) is 4.03. The van der Waals surface area contributed by atoms with E-state index in [1.54, 1.807) is 12.1 Å². The van der Waals surface area contributed by atoms with E-state index in [4.69, 9.17) is 16.3 Å². The first-order valence-corrected chi connectivity index (χ1v) is 8.21. The van der Waals surface area contributed by atoms with Gasteiger partial charge in [0.25, 0.3) is 5.56 Å². The van der Waals surface area contributed by atoms with Gasteiger partial charge in [0.2, 0.25) is 5.91 Å². The minimum Gasteiger partial charge on any atom is -0.467 e. The molecule has 0 spiro atoms. The van der Waals surface area contributed by atoms with E-state index in [1.165, 1.54) is 24.1 Å². The predicted octanol–water partition coefficient (Wildman–Crippen LogP) is 1.75. The predicted molar refractivity (Wildman–Crippen MR) is 94.4 cm³/mol. The molecule has 0 aliphatic heterocycles. The zero-order chi connectivity index (χ0) is 18.6. The fraction of sp³-hybridized carbons (Fsp3) is 0.412. The number of aromatic nitrogens is 2. The van der Waals surface area contributed by atoms with Crippen LogP contribution >= 0.6 is 11.6 Å². The zero-order valence-electron chi connectivity index (χ0n) is 14.3. The molecule has 0 unspecified atom stereocenters. The molecule has 1 heterocycles. The molecule has 0 saturated heterocycles. The molecule has 1 amide bonds. The summed E-state index contributed by atoms with van der Waals surface area (Å²) < 4.78 is 5.89. The highest BCUT2D eigenvalue weighted by atomic mass is 35.5. The van der Waals surface area contributed by atoms with Crippen molar-refractivity contribution in [2.75, 3.05) is 7.11 Å². The van der Waals surface area contributed by atoms with Gasteiger partial charge < -0.3 is 10.1 Å². The van der Waals surface area contributed by atoms with Gasteiger partial charge in [-0.2, -0.15) is 0 Å². The van der Waals surface area contributed by atoms with E-state index in [0.29, 0.717) is 22.3 Å². The number of amides is 1. The molecule has 0 fully saturated rings. The van der Waals surface area contributed by atoms with Gasteiger partial charge in [0.1, 0.15) is 12.6 Å². The molecule has 0 saturated carbocycles. The van der Waals surface area contributed by atoms with Gasteiger partial charge in [-0.05, 0) is 30.5 Å². The van der Waals surface area contributed by atoms with Crippen LogP contribution in [-0.4, -0.2) is 34.6 Å². The maximum Gasteiger partial charge on any atom is 0.328 e. The van der Waals surface area contributed by atoms with Crippen molar-refractivity contribution in [1.82, 2.24) is 14.9 Å². The number of halogens is 1. The topological polar surface area (TPSA) is 90.3 Å². The van der Waals surface area contributed by atoms with Crippen molar-refractivity contribution in [2.45, 2.75) is 32.9 Å². The van der Waals surface area contributed by atoms with Gasteiger partial charge >= 0.3 is 5.97 Å². The maximum atomic E-state index is 12.5. The largest absolute Gasteiger partial charge is 0.467 e. The van der Waals surface area contributed by atoms with Crippen molar-refractivity contribution in [3.05, 3.63) is 39.9 Å². The SMILES string of the molecule is COC(=O)[C@@H](CC(C)C)NC(=O)Cn1cnc2ccc(Cl)cc2c1=O. The molecule has 0 aliphatic carbocycles.